The topological polar surface area (TPSA) is 41.3 Å². The third kappa shape index (κ3) is 3.21. The summed E-state index contributed by atoms with van der Waals surface area (Å²) in [4.78, 5) is 2.57. The van der Waals surface area contributed by atoms with Crippen LogP contribution in [0.4, 0.5) is 11.4 Å². The highest BCUT2D eigenvalue weighted by molar-refractivity contribution is 5.70. The predicted molar refractivity (Wildman–Crippen MR) is 83.3 cm³/mol. The largest absolute Gasteiger partial charge is 0.397 e. The number of nitrogens with zero attached hydrogens (tertiary/aromatic N) is 1. The summed E-state index contributed by atoms with van der Waals surface area (Å²) in [6, 6.07) is 6.21. The number of hydrogen-bond acceptors (Lipinski definition) is 3. The van der Waals surface area contributed by atoms with E-state index in [2.05, 4.69) is 50.0 Å². The van der Waals surface area contributed by atoms with Crippen molar-refractivity contribution >= 4 is 11.4 Å². The van der Waals surface area contributed by atoms with Crippen LogP contribution in [0.1, 0.15) is 39.7 Å². The van der Waals surface area contributed by atoms with E-state index in [0.717, 1.165) is 36.9 Å². The average molecular weight is 261 g/mol. The number of nitrogens with two attached hydrogens (primary N) is 1. The molecule has 1 aliphatic heterocycles. The van der Waals surface area contributed by atoms with Gasteiger partial charge in [-0.15, -0.1) is 0 Å². The van der Waals surface area contributed by atoms with Gasteiger partial charge in [0.15, 0.2) is 0 Å². The van der Waals surface area contributed by atoms with E-state index in [1.165, 1.54) is 12.0 Å². The van der Waals surface area contributed by atoms with Gasteiger partial charge in [-0.2, -0.15) is 0 Å². The van der Waals surface area contributed by atoms with Crippen LogP contribution in [-0.4, -0.2) is 23.5 Å². The summed E-state index contributed by atoms with van der Waals surface area (Å²) in [6.45, 7) is 12.2. The molecule has 1 aromatic rings. The van der Waals surface area contributed by atoms with E-state index < -0.39 is 0 Å². The quantitative estimate of drug-likeness (QED) is 0.820. The van der Waals surface area contributed by atoms with E-state index in [4.69, 9.17) is 5.73 Å². The maximum absolute atomic E-state index is 6.09. The second-order valence-corrected chi connectivity index (χ2v) is 6.65. The molecule has 0 fully saturated rings. The molecule has 3 N–H and O–H groups in total. The van der Waals surface area contributed by atoms with E-state index in [9.17, 15) is 0 Å². The fourth-order valence-corrected chi connectivity index (χ4v) is 2.60. The maximum Gasteiger partial charge on any atom is 0.0620 e. The summed E-state index contributed by atoms with van der Waals surface area (Å²) in [5, 5.41) is 3.53. The number of anilines is 2. The number of rotatable bonds is 3. The normalized spacial score (nSPS) is 18.8. The molecule has 0 spiro atoms. The van der Waals surface area contributed by atoms with Crippen LogP contribution in [0.15, 0.2) is 18.2 Å². The van der Waals surface area contributed by atoms with Gasteiger partial charge in [-0.3, -0.25) is 4.90 Å². The van der Waals surface area contributed by atoms with E-state index >= 15 is 0 Å². The van der Waals surface area contributed by atoms with Crippen molar-refractivity contribution in [3.63, 3.8) is 0 Å². The molecule has 0 saturated carbocycles. The van der Waals surface area contributed by atoms with Crippen LogP contribution < -0.4 is 11.1 Å². The number of para-hydroxylation sites is 1. The zero-order valence-electron chi connectivity index (χ0n) is 12.7. The molecule has 1 heterocycles. The Bertz CT molecular complexity index is 438. The van der Waals surface area contributed by atoms with Gasteiger partial charge in [0.2, 0.25) is 0 Å². The van der Waals surface area contributed by atoms with Crippen LogP contribution in [-0.2, 0) is 6.54 Å². The van der Waals surface area contributed by atoms with E-state index in [1.54, 1.807) is 0 Å². The molecule has 0 saturated heterocycles. The summed E-state index contributed by atoms with van der Waals surface area (Å²) in [7, 11) is 0. The Morgan fingerprint density at radius 3 is 2.79 bits per heavy atom. The minimum absolute atomic E-state index is 0.153. The highest BCUT2D eigenvalue weighted by atomic mass is 15.2. The van der Waals surface area contributed by atoms with Gasteiger partial charge in [0.25, 0.3) is 0 Å². The van der Waals surface area contributed by atoms with Crippen molar-refractivity contribution in [2.75, 3.05) is 24.1 Å². The monoisotopic (exact) mass is 261 g/mol. The van der Waals surface area contributed by atoms with Crippen molar-refractivity contribution in [2.45, 2.75) is 46.2 Å². The first-order valence-corrected chi connectivity index (χ1v) is 7.26. The Hall–Kier alpha value is -1.22. The van der Waals surface area contributed by atoms with Crippen LogP contribution in [0.2, 0.25) is 0 Å². The van der Waals surface area contributed by atoms with Gasteiger partial charge in [-0.1, -0.05) is 26.0 Å². The summed E-state index contributed by atoms with van der Waals surface area (Å²) >= 11 is 0. The Morgan fingerprint density at radius 2 is 2.11 bits per heavy atom. The molecule has 0 unspecified atom stereocenters. The number of nitrogens with one attached hydrogen (secondary N) is 1. The molecule has 106 valence electrons. The van der Waals surface area contributed by atoms with Crippen LogP contribution in [0, 0.1) is 5.92 Å². The molecule has 0 bridgehead atoms. The molecule has 1 aromatic carbocycles. The Labute approximate surface area is 117 Å². The van der Waals surface area contributed by atoms with Crippen molar-refractivity contribution in [2.24, 2.45) is 5.92 Å². The first-order chi connectivity index (χ1) is 8.90. The fraction of sp³-hybridized carbons (Fsp3) is 0.625. The SMILES string of the molecule is CC(C)CCN1Cc2cccc(N)c2NCC1(C)C. The first-order valence-electron chi connectivity index (χ1n) is 7.26. The Balaban J connectivity index is 2.23. The van der Waals surface area contributed by atoms with Gasteiger partial charge >= 0.3 is 0 Å². The molecular weight excluding hydrogens is 234 g/mol. The molecule has 0 aromatic heterocycles. The standard InChI is InChI=1S/C16H27N3/c1-12(2)8-9-19-10-13-6-5-7-14(17)15(13)18-11-16(19,3)4/h5-7,12,18H,8-11,17H2,1-4H3. The van der Waals surface area contributed by atoms with Crippen molar-refractivity contribution in [3.8, 4) is 0 Å². The van der Waals surface area contributed by atoms with Gasteiger partial charge < -0.3 is 11.1 Å². The Morgan fingerprint density at radius 1 is 1.37 bits per heavy atom. The zero-order chi connectivity index (χ0) is 14.0. The number of nitrogen functional groups attached to an aromatic ring is 1. The van der Waals surface area contributed by atoms with E-state index in [-0.39, 0.29) is 5.54 Å². The van der Waals surface area contributed by atoms with Crippen LogP contribution >= 0.6 is 0 Å². The molecule has 1 aliphatic rings. The molecule has 19 heavy (non-hydrogen) atoms. The van der Waals surface area contributed by atoms with Crippen LogP contribution in [0.3, 0.4) is 0 Å². The zero-order valence-corrected chi connectivity index (χ0v) is 12.7. The Kier molecular flexibility index (Phi) is 4.04. The van der Waals surface area contributed by atoms with Gasteiger partial charge in [-0.05, 0) is 44.4 Å². The second-order valence-electron chi connectivity index (χ2n) is 6.65. The number of hydrogen-bond donors (Lipinski definition) is 2. The lowest BCUT2D eigenvalue weighted by Gasteiger charge is -2.37. The fourth-order valence-electron chi connectivity index (χ4n) is 2.60. The summed E-state index contributed by atoms with van der Waals surface area (Å²) in [6.07, 6.45) is 1.24. The van der Waals surface area contributed by atoms with Crippen LogP contribution in [0.25, 0.3) is 0 Å². The molecule has 0 amide bonds. The molecule has 2 rings (SSSR count). The minimum Gasteiger partial charge on any atom is -0.397 e. The summed E-state index contributed by atoms with van der Waals surface area (Å²) in [5.74, 6) is 0.743. The molecule has 0 aliphatic carbocycles. The van der Waals surface area contributed by atoms with Gasteiger partial charge in [0.1, 0.15) is 0 Å². The first kappa shape index (κ1) is 14.2. The minimum atomic E-state index is 0.153. The van der Waals surface area contributed by atoms with Crippen molar-refractivity contribution in [1.82, 2.24) is 4.90 Å². The van der Waals surface area contributed by atoms with Crippen molar-refractivity contribution in [1.29, 1.82) is 0 Å². The number of fused-ring (bicyclic) bond motifs is 1. The van der Waals surface area contributed by atoms with Gasteiger partial charge in [0.05, 0.1) is 11.4 Å². The van der Waals surface area contributed by atoms with Crippen LogP contribution in [0.5, 0.6) is 0 Å². The molecule has 3 nitrogen and oxygen atoms in total. The number of benzene rings is 1. The van der Waals surface area contributed by atoms with Gasteiger partial charge in [-0.25, -0.2) is 0 Å². The molecule has 0 atom stereocenters. The third-order valence-corrected chi connectivity index (χ3v) is 4.07. The lowest BCUT2D eigenvalue weighted by molar-refractivity contribution is 0.119. The highest BCUT2D eigenvalue weighted by Gasteiger charge is 2.30. The summed E-state index contributed by atoms with van der Waals surface area (Å²) in [5.41, 5.74) is 9.54. The smallest absolute Gasteiger partial charge is 0.0620 e. The molecule has 3 heteroatoms. The van der Waals surface area contributed by atoms with E-state index in [0.29, 0.717) is 0 Å². The molecular formula is C16H27N3. The lowest BCUT2D eigenvalue weighted by atomic mass is 10.0. The predicted octanol–water partition coefficient (Wildman–Crippen LogP) is 3.32. The summed E-state index contributed by atoms with van der Waals surface area (Å²) < 4.78 is 0. The van der Waals surface area contributed by atoms with Gasteiger partial charge in [0, 0.05) is 18.6 Å². The molecule has 0 radical (unpaired) electrons. The van der Waals surface area contributed by atoms with E-state index in [1.807, 2.05) is 6.07 Å². The van der Waals surface area contributed by atoms with Crippen molar-refractivity contribution < 1.29 is 0 Å². The van der Waals surface area contributed by atoms with Crippen molar-refractivity contribution in [3.05, 3.63) is 23.8 Å². The second kappa shape index (κ2) is 5.41. The highest BCUT2D eigenvalue weighted by Crippen LogP contribution is 2.31. The third-order valence-electron chi connectivity index (χ3n) is 4.07. The average Bonchev–Trinajstić information content (AvgIpc) is 2.44. The maximum atomic E-state index is 6.09. The lowest BCUT2D eigenvalue weighted by Crippen LogP contribution is -2.47.